The first-order valence-corrected chi connectivity index (χ1v) is 8.72. The number of primary sulfonamides is 1. The summed E-state index contributed by atoms with van der Waals surface area (Å²) in [6.07, 6.45) is 3.61. The number of aryl methyl sites for hydroxylation is 1. The lowest BCUT2D eigenvalue weighted by Gasteiger charge is -2.02. The molecule has 114 valence electrons. The molecule has 0 aliphatic carbocycles. The standard InChI is InChI=1S/C13H13N5O2S2/c1-9-12(18-6-7-21-13(18)16-9)8-15-17-10-2-4-11(5-3-10)22(14,19)20/h2-8,17H,1H3,(H2,14,19,20)/b15-8-. The number of benzene rings is 1. The van der Waals surface area contributed by atoms with Gasteiger partial charge in [0.15, 0.2) is 4.96 Å². The van der Waals surface area contributed by atoms with E-state index in [0.29, 0.717) is 5.69 Å². The fraction of sp³-hybridized carbons (Fsp3) is 0.0769. The third-order valence-electron chi connectivity index (χ3n) is 3.05. The summed E-state index contributed by atoms with van der Waals surface area (Å²) in [7, 11) is -3.68. The molecule has 0 saturated carbocycles. The van der Waals surface area contributed by atoms with E-state index in [2.05, 4.69) is 15.5 Å². The first kappa shape index (κ1) is 14.7. The average molecular weight is 335 g/mol. The van der Waals surface area contributed by atoms with Gasteiger partial charge in [-0.1, -0.05) is 0 Å². The molecule has 2 heterocycles. The SMILES string of the molecule is Cc1nc2sccn2c1/C=N\Nc1ccc(S(N)(=O)=O)cc1. The van der Waals surface area contributed by atoms with E-state index >= 15 is 0 Å². The number of hydrogen-bond acceptors (Lipinski definition) is 6. The van der Waals surface area contributed by atoms with E-state index in [1.807, 2.05) is 22.9 Å². The van der Waals surface area contributed by atoms with Crippen molar-refractivity contribution >= 4 is 38.2 Å². The number of rotatable bonds is 4. The molecule has 2 aromatic heterocycles. The van der Waals surface area contributed by atoms with E-state index in [9.17, 15) is 8.42 Å². The zero-order valence-electron chi connectivity index (χ0n) is 11.6. The van der Waals surface area contributed by atoms with E-state index in [4.69, 9.17) is 5.14 Å². The molecule has 0 atom stereocenters. The van der Waals surface area contributed by atoms with Crippen LogP contribution in [0.15, 0.2) is 45.8 Å². The minimum atomic E-state index is -3.68. The second kappa shape index (κ2) is 5.52. The molecule has 0 spiro atoms. The Labute approximate surface area is 131 Å². The summed E-state index contributed by atoms with van der Waals surface area (Å²) in [5, 5.41) is 11.2. The van der Waals surface area contributed by atoms with Crippen molar-refractivity contribution < 1.29 is 8.42 Å². The number of nitrogens with one attached hydrogen (secondary N) is 1. The number of anilines is 1. The van der Waals surface area contributed by atoms with Crippen molar-refractivity contribution in [1.29, 1.82) is 0 Å². The Morgan fingerprint density at radius 1 is 1.36 bits per heavy atom. The van der Waals surface area contributed by atoms with E-state index in [1.165, 1.54) is 12.1 Å². The molecular weight excluding hydrogens is 322 g/mol. The van der Waals surface area contributed by atoms with E-state index in [-0.39, 0.29) is 4.90 Å². The highest BCUT2D eigenvalue weighted by molar-refractivity contribution is 7.89. The molecule has 0 aliphatic heterocycles. The van der Waals surface area contributed by atoms with E-state index in [1.54, 1.807) is 29.7 Å². The largest absolute Gasteiger partial charge is 0.289 e. The fourth-order valence-corrected chi connectivity index (χ4v) is 3.24. The van der Waals surface area contributed by atoms with Gasteiger partial charge in [0.1, 0.15) is 0 Å². The zero-order chi connectivity index (χ0) is 15.7. The van der Waals surface area contributed by atoms with Crippen LogP contribution in [0.3, 0.4) is 0 Å². The topological polar surface area (TPSA) is 102 Å². The highest BCUT2D eigenvalue weighted by Gasteiger charge is 2.07. The Morgan fingerprint density at radius 3 is 2.77 bits per heavy atom. The third kappa shape index (κ3) is 2.86. The van der Waals surface area contributed by atoms with Gasteiger partial charge in [0.05, 0.1) is 28.2 Å². The molecule has 3 N–H and O–H groups in total. The van der Waals surface area contributed by atoms with Gasteiger partial charge in [-0.05, 0) is 31.2 Å². The molecule has 0 bridgehead atoms. The maximum absolute atomic E-state index is 11.2. The molecule has 3 aromatic rings. The highest BCUT2D eigenvalue weighted by atomic mass is 32.2. The number of sulfonamides is 1. The Hall–Kier alpha value is -2.23. The minimum absolute atomic E-state index is 0.0636. The van der Waals surface area contributed by atoms with Crippen molar-refractivity contribution in [1.82, 2.24) is 9.38 Å². The van der Waals surface area contributed by atoms with Crippen molar-refractivity contribution in [2.75, 3.05) is 5.43 Å². The molecular formula is C13H13N5O2S2. The molecule has 0 fully saturated rings. The predicted octanol–water partition coefficient (Wildman–Crippen LogP) is 1.80. The number of hydrogen-bond donors (Lipinski definition) is 2. The Kier molecular flexibility index (Phi) is 3.69. The Morgan fingerprint density at radius 2 is 2.09 bits per heavy atom. The van der Waals surface area contributed by atoms with Gasteiger partial charge in [0.25, 0.3) is 0 Å². The second-order valence-corrected chi connectivity index (χ2v) is 7.01. The first-order valence-electron chi connectivity index (χ1n) is 6.29. The summed E-state index contributed by atoms with van der Waals surface area (Å²) >= 11 is 1.56. The number of imidazole rings is 1. The summed E-state index contributed by atoms with van der Waals surface area (Å²) in [5.41, 5.74) is 5.29. The molecule has 0 saturated heterocycles. The fourth-order valence-electron chi connectivity index (χ4n) is 1.95. The van der Waals surface area contributed by atoms with Gasteiger partial charge in [-0.3, -0.25) is 9.83 Å². The van der Waals surface area contributed by atoms with Crippen molar-refractivity contribution in [3.63, 3.8) is 0 Å². The van der Waals surface area contributed by atoms with Crippen LogP contribution >= 0.6 is 11.3 Å². The Balaban J connectivity index is 1.77. The number of fused-ring (bicyclic) bond motifs is 1. The maximum atomic E-state index is 11.2. The molecule has 0 amide bonds. The predicted molar refractivity (Wildman–Crippen MR) is 86.8 cm³/mol. The number of nitrogens with two attached hydrogens (primary N) is 1. The van der Waals surface area contributed by atoms with Gasteiger partial charge < -0.3 is 0 Å². The lowest BCUT2D eigenvalue weighted by atomic mass is 10.3. The smallest absolute Gasteiger partial charge is 0.238 e. The Bertz CT molecular complexity index is 939. The molecule has 22 heavy (non-hydrogen) atoms. The number of thiazole rings is 1. The van der Waals surface area contributed by atoms with Gasteiger partial charge in [0, 0.05) is 11.6 Å². The molecule has 0 aliphatic rings. The first-order chi connectivity index (χ1) is 10.4. The minimum Gasteiger partial charge on any atom is -0.289 e. The maximum Gasteiger partial charge on any atom is 0.238 e. The number of aromatic nitrogens is 2. The van der Waals surface area contributed by atoms with Gasteiger partial charge in [-0.15, -0.1) is 11.3 Å². The van der Waals surface area contributed by atoms with Gasteiger partial charge in [-0.25, -0.2) is 18.5 Å². The zero-order valence-corrected chi connectivity index (χ0v) is 13.2. The number of hydrazone groups is 1. The summed E-state index contributed by atoms with van der Waals surface area (Å²) < 4.78 is 24.3. The van der Waals surface area contributed by atoms with Gasteiger partial charge >= 0.3 is 0 Å². The summed E-state index contributed by atoms with van der Waals surface area (Å²) in [6, 6.07) is 6.05. The third-order valence-corrected chi connectivity index (χ3v) is 4.73. The van der Waals surface area contributed by atoms with Crippen molar-refractivity contribution in [2.24, 2.45) is 10.2 Å². The summed E-state index contributed by atoms with van der Waals surface area (Å²) in [6.45, 7) is 1.92. The van der Waals surface area contributed by atoms with Crippen molar-refractivity contribution in [2.45, 2.75) is 11.8 Å². The molecule has 7 nitrogen and oxygen atoms in total. The number of nitrogens with zero attached hydrogens (tertiary/aromatic N) is 3. The van der Waals surface area contributed by atoms with Crippen LogP contribution < -0.4 is 10.6 Å². The summed E-state index contributed by atoms with van der Waals surface area (Å²) in [5.74, 6) is 0. The van der Waals surface area contributed by atoms with E-state index < -0.39 is 10.0 Å². The van der Waals surface area contributed by atoms with Crippen LogP contribution in [0.5, 0.6) is 0 Å². The molecule has 3 rings (SSSR count). The van der Waals surface area contributed by atoms with Gasteiger partial charge in [0.2, 0.25) is 10.0 Å². The van der Waals surface area contributed by atoms with Crippen LogP contribution in [0.25, 0.3) is 4.96 Å². The van der Waals surface area contributed by atoms with Crippen molar-refractivity contribution in [3.05, 3.63) is 47.2 Å². The van der Waals surface area contributed by atoms with E-state index in [0.717, 1.165) is 16.3 Å². The van der Waals surface area contributed by atoms with Gasteiger partial charge in [-0.2, -0.15) is 5.10 Å². The lowest BCUT2D eigenvalue weighted by molar-refractivity contribution is 0.598. The lowest BCUT2D eigenvalue weighted by Crippen LogP contribution is -2.11. The molecule has 0 unspecified atom stereocenters. The van der Waals surface area contributed by atoms with Crippen molar-refractivity contribution in [3.8, 4) is 0 Å². The monoisotopic (exact) mass is 335 g/mol. The molecule has 1 aromatic carbocycles. The quantitative estimate of drug-likeness (QED) is 0.560. The normalized spacial score (nSPS) is 12.3. The highest BCUT2D eigenvalue weighted by Crippen LogP contribution is 2.16. The molecule has 9 heteroatoms. The van der Waals surface area contributed by atoms with Crippen LogP contribution in [0.4, 0.5) is 5.69 Å². The molecule has 0 radical (unpaired) electrons. The second-order valence-electron chi connectivity index (χ2n) is 4.58. The van der Waals surface area contributed by atoms with Crippen LogP contribution in [0.1, 0.15) is 11.4 Å². The van der Waals surface area contributed by atoms with Crippen LogP contribution in [-0.4, -0.2) is 24.0 Å². The van der Waals surface area contributed by atoms with Crippen LogP contribution in [-0.2, 0) is 10.0 Å². The van der Waals surface area contributed by atoms with Crippen LogP contribution in [0, 0.1) is 6.92 Å². The van der Waals surface area contributed by atoms with Crippen LogP contribution in [0.2, 0.25) is 0 Å². The average Bonchev–Trinajstić information content (AvgIpc) is 3.01. The summed E-state index contributed by atoms with van der Waals surface area (Å²) in [4.78, 5) is 5.40.